The molecule has 4 heterocycles. The number of aromatic nitrogens is 1. The van der Waals surface area contributed by atoms with Crippen LogP contribution < -0.4 is 20.4 Å². The Labute approximate surface area is 287 Å². The van der Waals surface area contributed by atoms with E-state index in [0.717, 1.165) is 33.5 Å². The number of nitrogens with one attached hydrogen (secondary N) is 1. The number of hydrogen-bond acceptors (Lipinski definition) is 10. The van der Waals surface area contributed by atoms with Crippen LogP contribution in [0.1, 0.15) is 10.4 Å². The molecule has 6 rings (SSSR count). The first kappa shape index (κ1) is 34.8. The first-order valence-electron chi connectivity index (χ1n) is 15.6. The minimum absolute atomic E-state index is 0.00839. The van der Waals surface area contributed by atoms with Crippen molar-refractivity contribution in [1.82, 2.24) is 19.7 Å². The molecule has 2 N–H and O–H groups in total. The van der Waals surface area contributed by atoms with Crippen LogP contribution in [0.25, 0.3) is 10.9 Å². The van der Waals surface area contributed by atoms with Crippen molar-refractivity contribution in [3.63, 3.8) is 0 Å². The number of benzene rings is 2. The van der Waals surface area contributed by atoms with Crippen LogP contribution in [-0.4, -0.2) is 114 Å². The zero-order valence-electron chi connectivity index (χ0n) is 26.7. The summed E-state index contributed by atoms with van der Waals surface area (Å²) in [5.74, 6) is -5.63. The monoisotopic (exact) mass is 715 g/mol. The number of ether oxygens (including phenoxy) is 2. The number of carboxylic acid groups (broad SMARTS) is 1. The smallest absolute Gasteiger partial charge is 0.352 e. The second kappa shape index (κ2) is 14.4. The topological polar surface area (TPSA) is 151 Å². The number of pyridine rings is 1. The molecule has 3 aliphatic rings. The summed E-state index contributed by atoms with van der Waals surface area (Å²) in [5, 5.41) is 11.3. The minimum Gasteiger partial charge on any atom is -0.484 e. The van der Waals surface area contributed by atoms with E-state index in [9.17, 15) is 33.5 Å². The maximum Gasteiger partial charge on any atom is 0.352 e. The fraction of sp³-hybridized carbons (Fsp3) is 0.364. The number of likely N-dealkylation sites (N-methyl/N-ethyl adjacent to an activating group) is 1. The van der Waals surface area contributed by atoms with Gasteiger partial charge >= 0.3 is 11.9 Å². The number of piperazine rings is 1. The van der Waals surface area contributed by atoms with Crippen molar-refractivity contribution >= 4 is 52.1 Å². The maximum atomic E-state index is 15.9. The number of aliphatic carboxylic acids is 1. The number of para-hydroxylation sites is 1. The number of anilines is 1. The van der Waals surface area contributed by atoms with Gasteiger partial charge in [0, 0.05) is 43.7 Å². The number of alkyl halides is 1. The summed E-state index contributed by atoms with van der Waals surface area (Å²) in [6.07, 6.45) is 0.938. The van der Waals surface area contributed by atoms with E-state index in [2.05, 4.69) is 5.32 Å². The first-order chi connectivity index (χ1) is 24.0. The Morgan fingerprint density at radius 3 is 2.48 bits per heavy atom. The predicted octanol–water partition coefficient (Wildman–Crippen LogP) is 1.98. The second-order valence-electron chi connectivity index (χ2n) is 11.9. The summed E-state index contributed by atoms with van der Waals surface area (Å²) in [5.41, 5.74) is -2.81. The van der Waals surface area contributed by atoms with Crippen LogP contribution in [-0.2, 0) is 25.7 Å². The van der Waals surface area contributed by atoms with Gasteiger partial charge < -0.3 is 34.3 Å². The minimum atomic E-state index is -1.48. The van der Waals surface area contributed by atoms with Crippen LogP contribution in [0, 0.1) is 11.6 Å². The molecule has 0 aliphatic carbocycles. The standard InChI is InChI=1S/C33H32F3N5O8S/c1-38-9-11-39(12-10-38)28-22(35)13-20-27(24(28)36)40(8-7-34)14-21(29(20)43)33(47)49-15-18-17-50-31-25(30(44)41(31)26(18)32(45)46)37-23(42)16-48-19-5-3-2-4-6-19/h2-6,13-14,25,31H,7-12,15-17H2,1H3,(H,37,42)(H,45,46)/t25-,31-/m1/s1. The molecule has 0 spiro atoms. The summed E-state index contributed by atoms with van der Waals surface area (Å²) >= 11 is 1.13. The van der Waals surface area contributed by atoms with Crippen LogP contribution in [0.15, 0.2) is 58.7 Å². The lowest BCUT2D eigenvalue weighted by atomic mass is 10.0. The largest absolute Gasteiger partial charge is 0.484 e. The molecule has 2 atom stereocenters. The number of esters is 1. The van der Waals surface area contributed by atoms with Gasteiger partial charge in [0.25, 0.3) is 11.8 Å². The molecule has 2 fully saturated rings. The normalized spacial score (nSPS) is 19.2. The van der Waals surface area contributed by atoms with Crippen molar-refractivity contribution in [2.24, 2.45) is 0 Å². The maximum absolute atomic E-state index is 15.9. The molecule has 17 heteroatoms. The second-order valence-corrected chi connectivity index (χ2v) is 13.0. The van der Waals surface area contributed by atoms with Gasteiger partial charge in [-0.3, -0.25) is 19.3 Å². The number of carboxylic acids is 1. The van der Waals surface area contributed by atoms with E-state index in [0.29, 0.717) is 31.9 Å². The van der Waals surface area contributed by atoms with Crippen LogP contribution in [0.5, 0.6) is 5.75 Å². The number of amides is 2. The molecule has 0 bridgehead atoms. The van der Waals surface area contributed by atoms with Crippen molar-refractivity contribution in [3.05, 3.63) is 81.3 Å². The highest BCUT2D eigenvalue weighted by molar-refractivity contribution is 8.00. The van der Waals surface area contributed by atoms with E-state index in [1.807, 2.05) is 11.9 Å². The summed E-state index contributed by atoms with van der Waals surface area (Å²) in [6.45, 7) is -0.722. The Balaban J connectivity index is 1.19. The number of rotatable bonds is 11. The average molecular weight is 716 g/mol. The number of β-lactam (4-membered cyclic amide) rings is 1. The van der Waals surface area contributed by atoms with Crippen molar-refractivity contribution in [2.75, 3.05) is 63.8 Å². The number of nitrogens with zero attached hydrogens (tertiary/aromatic N) is 4. The van der Waals surface area contributed by atoms with Crippen LogP contribution in [0.3, 0.4) is 0 Å². The third kappa shape index (κ3) is 6.61. The SMILES string of the molecule is CN1CCN(c2c(F)cc3c(=O)c(C(=O)OCC4=C(C(=O)O)N5C(=O)[C@@H](NC(=O)COc6ccccc6)[C@H]5SC4)cn(CCF)c3c2F)CC1. The molecule has 1 aromatic heterocycles. The lowest BCUT2D eigenvalue weighted by Crippen LogP contribution is -2.71. The van der Waals surface area contributed by atoms with Crippen LogP contribution >= 0.6 is 11.8 Å². The van der Waals surface area contributed by atoms with Crippen molar-refractivity contribution in [3.8, 4) is 5.75 Å². The van der Waals surface area contributed by atoms with Gasteiger partial charge in [-0.25, -0.2) is 22.8 Å². The number of carbonyl (C=O) groups excluding carboxylic acids is 3. The van der Waals surface area contributed by atoms with E-state index < -0.39 is 88.7 Å². The lowest BCUT2D eigenvalue weighted by molar-refractivity contribution is -0.151. The molecule has 2 saturated heterocycles. The Kier molecular flexibility index (Phi) is 10.1. The summed E-state index contributed by atoms with van der Waals surface area (Å²) in [7, 11) is 1.87. The first-order valence-corrected chi connectivity index (χ1v) is 16.6. The van der Waals surface area contributed by atoms with E-state index in [1.165, 1.54) is 4.90 Å². The van der Waals surface area contributed by atoms with Gasteiger partial charge in [-0.15, -0.1) is 11.8 Å². The Morgan fingerprint density at radius 1 is 1.08 bits per heavy atom. The molecular weight excluding hydrogens is 683 g/mol. The van der Waals surface area contributed by atoms with Gasteiger partial charge in [-0.1, -0.05) is 18.2 Å². The van der Waals surface area contributed by atoms with Gasteiger partial charge in [0.15, 0.2) is 12.4 Å². The fourth-order valence-corrected chi connectivity index (χ4v) is 7.44. The molecule has 2 aromatic carbocycles. The van der Waals surface area contributed by atoms with Gasteiger partial charge in [0.05, 0.1) is 17.4 Å². The molecule has 264 valence electrons. The fourth-order valence-electron chi connectivity index (χ4n) is 6.11. The van der Waals surface area contributed by atoms with E-state index in [1.54, 1.807) is 30.3 Å². The van der Waals surface area contributed by atoms with Crippen molar-refractivity contribution < 1.29 is 46.9 Å². The summed E-state index contributed by atoms with van der Waals surface area (Å²) in [4.78, 5) is 68.8. The predicted molar refractivity (Wildman–Crippen MR) is 176 cm³/mol. The average Bonchev–Trinajstić information content (AvgIpc) is 3.10. The lowest BCUT2D eigenvalue weighted by Gasteiger charge is -2.49. The molecule has 13 nitrogen and oxygen atoms in total. The highest BCUT2D eigenvalue weighted by Gasteiger charge is 2.54. The highest BCUT2D eigenvalue weighted by atomic mass is 32.2. The molecule has 0 radical (unpaired) electrons. The van der Waals surface area contributed by atoms with Gasteiger partial charge in [0.1, 0.15) is 53.2 Å². The Morgan fingerprint density at radius 2 is 1.80 bits per heavy atom. The highest BCUT2D eigenvalue weighted by Crippen LogP contribution is 2.40. The molecular formula is C33H32F3N5O8S. The van der Waals surface area contributed by atoms with E-state index >= 15 is 8.78 Å². The molecule has 0 saturated carbocycles. The number of halogens is 3. The molecule has 50 heavy (non-hydrogen) atoms. The molecule has 3 aliphatic heterocycles. The third-order valence-corrected chi connectivity index (χ3v) is 9.99. The zero-order valence-corrected chi connectivity index (χ0v) is 27.5. The Bertz CT molecular complexity index is 1950. The number of carbonyl (C=O) groups is 4. The van der Waals surface area contributed by atoms with Crippen molar-refractivity contribution in [2.45, 2.75) is 18.0 Å². The van der Waals surface area contributed by atoms with E-state index in [-0.39, 0.29) is 29.1 Å². The summed E-state index contributed by atoms with van der Waals surface area (Å²) < 4.78 is 56.6. The van der Waals surface area contributed by atoms with E-state index in [4.69, 9.17) is 9.47 Å². The van der Waals surface area contributed by atoms with Gasteiger partial charge in [0.2, 0.25) is 5.43 Å². The molecule has 3 aromatic rings. The number of fused-ring (bicyclic) bond motifs is 2. The van der Waals surface area contributed by atoms with Crippen LogP contribution in [0.2, 0.25) is 0 Å². The Hall–Kier alpha value is -5.03. The number of aryl methyl sites for hydroxylation is 1. The van der Waals surface area contributed by atoms with Gasteiger partial charge in [-0.05, 0) is 25.2 Å². The molecule has 2 amide bonds. The van der Waals surface area contributed by atoms with Gasteiger partial charge in [-0.2, -0.15) is 0 Å². The zero-order chi connectivity index (χ0) is 35.7. The van der Waals surface area contributed by atoms with Crippen molar-refractivity contribution in [1.29, 1.82) is 0 Å². The third-order valence-electron chi connectivity index (χ3n) is 8.65. The quantitative estimate of drug-likeness (QED) is 0.222. The summed E-state index contributed by atoms with van der Waals surface area (Å²) in [6, 6.07) is 8.35. The molecule has 0 unspecified atom stereocenters. The number of thioether (sulfide) groups is 1. The van der Waals surface area contributed by atoms with Crippen LogP contribution in [0.4, 0.5) is 18.9 Å². The number of hydrogen-bond donors (Lipinski definition) is 2.